The van der Waals surface area contributed by atoms with Gasteiger partial charge in [0.1, 0.15) is 0 Å². The number of amides is 1. The van der Waals surface area contributed by atoms with E-state index in [4.69, 9.17) is 5.73 Å². The van der Waals surface area contributed by atoms with Crippen LogP contribution >= 0.6 is 0 Å². The normalized spacial score (nSPS) is 10.4. The van der Waals surface area contributed by atoms with Gasteiger partial charge in [-0.05, 0) is 24.1 Å². The third-order valence-corrected chi connectivity index (χ3v) is 2.93. The quantitative estimate of drug-likeness (QED) is 0.835. The summed E-state index contributed by atoms with van der Waals surface area (Å²) in [6, 6.07) is 8.08. The van der Waals surface area contributed by atoms with E-state index in [0.717, 1.165) is 12.0 Å². The predicted octanol–water partition coefficient (Wildman–Crippen LogP) is 0.851. The number of carbonyl (C=O) groups excluding carboxylic acids is 1. The summed E-state index contributed by atoms with van der Waals surface area (Å²) in [5, 5.41) is 2.85. The van der Waals surface area contributed by atoms with E-state index in [1.54, 1.807) is 24.0 Å². The molecule has 2 rings (SSSR count). The van der Waals surface area contributed by atoms with E-state index < -0.39 is 0 Å². The molecule has 0 aliphatic carbocycles. The monoisotopic (exact) mass is 258 g/mol. The molecule has 100 valence electrons. The molecular weight excluding hydrogens is 240 g/mol. The van der Waals surface area contributed by atoms with Crippen molar-refractivity contribution < 1.29 is 4.79 Å². The van der Waals surface area contributed by atoms with Crippen molar-refractivity contribution in [1.82, 2.24) is 14.9 Å². The summed E-state index contributed by atoms with van der Waals surface area (Å²) in [6.07, 6.45) is 4.23. The molecule has 0 unspecified atom stereocenters. The molecule has 3 N–H and O–H groups in total. The van der Waals surface area contributed by atoms with Gasteiger partial charge in [-0.2, -0.15) is 0 Å². The van der Waals surface area contributed by atoms with Crippen molar-refractivity contribution in [2.24, 2.45) is 12.8 Å². The number of benzene rings is 1. The highest BCUT2D eigenvalue weighted by Crippen LogP contribution is 2.05. The fourth-order valence-corrected chi connectivity index (χ4v) is 1.84. The van der Waals surface area contributed by atoms with Crippen molar-refractivity contribution in [3.05, 3.63) is 53.6 Å². The van der Waals surface area contributed by atoms with Crippen LogP contribution in [0.25, 0.3) is 0 Å². The molecule has 0 saturated heterocycles. The Morgan fingerprint density at radius 2 is 2.00 bits per heavy atom. The van der Waals surface area contributed by atoms with Crippen LogP contribution < -0.4 is 11.1 Å². The van der Waals surface area contributed by atoms with Crippen LogP contribution in [0.1, 0.15) is 21.7 Å². The lowest BCUT2D eigenvalue weighted by Gasteiger charge is -2.06. The van der Waals surface area contributed by atoms with Crippen LogP contribution in [0.2, 0.25) is 0 Å². The van der Waals surface area contributed by atoms with E-state index in [1.165, 1.54) is 5.56 Å². The van der Waals surface area contributed by atoms with E-state index in [1.807, 2.05) is 24.3 Å². The molecule has 0 radical (unpaired) electrons. The van der Waals surface area contributed by atoms with E-state index in [-0.39, 0.29) is 5.91 Å². The van der Waals surface area contributed by atoms with Crippen molar-refractivity contribution in [3.8, 4) is 0 Å². The number of nitrogens with zero attached hydrogens (tertiary/aromatic N) is 2. The molecular formula is C14H18N4O. The molecule has 0 atom stereocenters. The van der Waals surface area contributed by atoms with Crippen molar-refractivity contribution in [2.75, 3.05) is 6.54 Å². The first-order chi connectivity index (χ1) is 9.20. The molecule has 5 nitrogen and oxygen atoms in total. The molecule has 1 heterocycles. The van der Waals surface area contributed by atoms with E-state index in [9.17, 15) is 4.79 Å². The highest BCUT2D eigenvalue weighted by Gasteiger charge is 2.09. The van der Waals surface area contributed by atoms with Gasteiger partial charge in [-0.3, -0.25) is 4.79 Å². The molecule has 0 spiro atoms. The van der Waals surface area contributed by atoms with Gasteiger partial charge in [0.05, 0.1) is 0 Å². The molecule has 0 bridgehead atoms. The second kappa shape index (κ2) is 6.15. The zero-order valence-electron chi connectivity index (χ0n) is 11.0. The fraction of sp³-hybridized carbons (Fsp3) is 0.286. The smallest absolute Gasteiger partial charge is 0.287 e. The van der Waals surface area contributed by atoms with Crippen LogP contribution in [0.3, 0.4) is 0 Å². The van der Waals surface area contributed by atoms with Crippen LogP contribution in [0.5, 0.6) is 0 Å². The SMILES string of the molecule is Cn1ccnc1C(=O)NCc1ccc(CCN)cc1. The first-order valence-corrected chi connectivity index (χ1v) is 6.24. The van der Waals surface area contributed by atoms with Crippen LogP contribution in [0, 0.1) is 0 Å². The molecule has 1 amide bonds. The topological polar surface area (TPSA) is 72.9 Å². The lowest BCUT2D eigenvalue weighted by atomic mass is 10.1. The second-order valence-corrected chi connectivity index (χ2v) is 4.40. The van der Waals surface area contributed by atoms with Gasteiger partial charge in [-0.25, -0.2) is 4.98 Å². The summed E-state index contributed by atoms with van der Waals surface area (Å²) in [5.41, 5.74) is 7.77. The average molecular weight is 258 g/mol. The third-order valence-electron chi connectivity index (χ3n) is 2.93. The lowest BCUT2D eigenvalue weighted by molar-refractivity contribution is 0.0937. The summed E-state index contributed by atoms with van der Waals surface area (Å²) in [4.78, 5) is 15.9. The van der Waals surface area contributed by atoms with Gasteiger partial charge < -0.3 is 15.6 Å². The van der Waals surface area contributed by atoms with E-state index in [0.29, 0.717) is 18.9 Å². The minimum Gasteiger partial charge on any atom is -0.345 e. The summed E-state index contributed by atoms with van der Waals surface area (Å²) < 4.78 is 1.69. The van der Waals surface area contributed by atoms with Crippen molar-refractivity contribution in [2.45, 2.75) is 13.0 Å². The zero-order chi connectivity index (χ0) is 13.7. The number of carbonyl (C=O) groups is 1. The molecule has 1 aromatic carbocycles. The van der Waals surface area contributed by atoms with Crippen molar-refractivity contribution in [1.29, 1.82) is 0 Å². The Hall–Kier alpha value is -2.14. The van der Waals surface area contributed by atoms with Crippen molar-refractivity contribution >= 4 is 5.91 Å². The number of hydrogen-bond donors (Lipinski definition) is 2. The number of nitrogens with two attached hydrogens (primary N) is 1. The summed E-state index contributed by atoms with van der Waals surface area (Å²) >= 11 is 0. The van der Waals surface area contributed by atoms with E-state index >= 15 is 0 Å². The van der Waals surface area contributed by atoms with Crippen LogP contribution in [0.15, 0.2) is 36.7 Å². The van der Waals surface area contributed by atoms with Crippen LogP contribution in [-0.4, -0.2) is 22.0 Å². The molecule has 0 aliphatic rings. The minimum atomic E-state index is -0.168. The molecule has 0 aliphatic heterocycles. The molecule has 0 saturated carbocycles. The second-order valence-electron chi connectivity index (χ2n) is 4.40. The Balaban J connectivity index is 1.92. The summed E-state index contributed by atoms with van der Waals surface area (Å²) in [5.74, 6) is 0.248. The largest absolute Gasteiger partial charge is 0.345 e. The number of nitrogens with one attached hydrogen (secondary N) is 1. The molecule has 1 aromatic heterocycles. The van der Waals surface area contributed by atoms with Crippen LogP contribution in [0.4, 0.5) is 0 Å². The lowest BCUT2D eigenvalue weighted by Crippen LogP contribution is -2.25. The van der Waals surface area contributed by atoms with Gasteiger partial charge in [0, 0.05) is 26.0 Å². The number of rotatable bonds is 5. The Morgan fingerprint density at radius 3 is 2.58 bits per heavy atom. The summed E-state index contributed by atoms with van der Waals surface area (Å²) in [7, 11) is 1.80. The Morgan fingerprint density at radius 1 is 1.32 bits per heavy atom. The van der Waals surface area contributed by atoms with Crippen LogP contribution in [-0.2, 0) is 20.0 Å². The predicted molar refractivity (Wildman–Crippen MR) is 73.6 cm³/mol. The molecule has 5 heteroatoms. The minimum absolute atomic E-state index is 0.168. The summed E-state index contributed by atoms with van der Waals surface area (Å²) in [6.45, 7) is 1.14. The standard InChI is InChI=1S/C14H18N4O/c1-18-9-8-16-13(18)14(19)17-10-12-4-2-11(3-5-12)6-7-15/h2-5,8-9H,6-7,10,15H2,1H3,(H,17,19). The first kappa shape index (κ1) is 13.3. The van der Waals surface area contributed by atoms with Gasteiger partial charge in [-0.1, -0.05) is 24.3 Å². The maximum absolute atomic E-state index is 11.9. The highest BCUT2D eigenvalue weighted by atomic mass is 16.2. The number of hydrogen-bond acceptors (Lipinski definition) is 3. The van der Waals surface area contributed by atoms with Gasteiger partial charge in [0.25, 0.3) is 5.91 Å². The number of aromatic nitrogens is 2. The maximum atomic E-state index is 11.9. The Bertz CT molecular complexity index is 545. The molecule has 19 heavy (non-hydrogen) atoms. The van der Waals surface area contributed by atoms with E-state index in [2.05, 4.69) is 10.3 Å². The Kier molecular flexibility index (Phi) is 4.30. The molecule has 0 fully saturated rings. The van der Waals surface area contributed by atoms with Gasteiger partial charge in [-0.15, -0.1) is 0 Å². The first-order valence-electron chi connectivity index (χ1n) is 6.24. The van der Waals surface area contributed by atoms with Gasteiger partial charge in [0.2, 0.25) is 0 Å². The van der Waals surface area contributed by atoms with Gasteiger partial charge >= 0.3 is 0 Å². The average Bonchev–Trinajstić information content (AvgIpc) is 2.84. The number of imidazole rings is 1. The number of aryl methyl sites for hydroxylation is 1. The Labute approximate surface area is 112 Å². The van der Waals surface area contributed by atoms with Gasteiger partial charge in [0.15, 0.2) is 5.82 Å². The molecule has 2 aromatic rings. The maximum Gasteiger partial charge on any atom is 0.287 e. The zero-order valence-corrected chi connectivity index (χ0v) is 11.0. The highest BCUT2D eigenvalue weighted by molar-refractivity contribution is 5.90. The third kappa shape index (κ3) is 3.42. The fourth-order valence-electron chi connectivity index (χ4n) is 1.84. The van der Waals surface area contributed by atoms with Crippen molar-refractivity contribution in [3.63, 3.8) is 0 Å².